The minimum Gasteiger partial charge on any atom is -0.352 e. The molecule has 0 aliphatic carbocycles. The van der Waals surface area contributed by atoms with E-state index in [0.29, 0.717) is 12.2 Å². The number of nitrogens with one attached hydrogen (secondary N) is 2. The summed E-state index contributed by atoms with van der Waals surface area (Å²) in [6.45, 7) is 3.49. The minimum absolute atomic E-state index is 0.147. The smallest absolute Gasteiger partial charge is 0.220 e. The molecular formula is C9H18N2O2S. The lowest BCUT2D eigenvalue weighted by atomic mass is 10.2. The van der Waals surface area contributed by atoms with Crippen molar-refractivity contribution in [2.45, 2.75) is 25.8 Å². The summed E-state index contributed by atoms with van der Waals surface area (Å²) in [5.41, 5.74) is 0. The lowest BCUT2D eigenvalue weighted by Crippen LogP contribution is -2.37. The van der Waals surface area contributed by atoms with E-state index < -0.39 is 10.8 Å². The van der Waals surface area contributed by atoms with Gasteiger partial charge in [-0.1, -0.05) is 6.92 Å². The standard InChI is InChI=1S/C9H18N2O2S/c1-2-14(13)6-5-10-7-8-3-4-9(12)11-8/h8,10H,2-7H2,1H3,(H,11,12). The fourth-order valence-electron chi connectivity index (χ4n) is 1.44. The minimum atomic E-state index is -0.687. The van der Waals surface area contributed by atoms with Gasteiger partial charge in [0.1, 0.15) is 0 Å². The highest BCUT2D eigenvalue weighted by Gasteiger charge is 2.19. The molecule has 82 valence electrons. The molecule has 2 N–H and O–H groups in total. The first-order valence-corrected chi connectivity index (χ1v) is 6.56. The Hall–Kier alpha value is -0.420. The van der Waals surface area contributed by atoms with Crippen molar-refractivity contribution in [2.75, 3.05) is 24.6 Å². The maximum absolute atomic E-state index is 11.1. The molecule has 0 aromatic rings. The molecule has 1 heterocycles. The molecule has 5 heteroatoms. The van der Waals surface area contributed by atoms with Gasteiger partial charge in [-0.25, -0.2) is 0 Å². The number of hydrogen-bond donors (Lipinski definition) is 2. The summed E-state index contributed by atoms with van der Waals surface area (Å²) in [5.74, 6) is 1.58. The van der Waals surface area contributed by atoms with E-state index in [2.05, 4.69) is 10.6 Å². The van der Waals surface area contributed by atoms with Gasteiger partial charge in [0.05, 0.1) is 0 Å². The second-order valence-corrected chi connectivity index (χ2v) is 5.31. The van der Waals surface area contributed by atoms with Crippen molar-refractivity contribution in [3.8, 4) is 0 Å². The van der Waals surface area contributed by atoms with Crippen LogP contribution in [0.1, 0.15) is 19.8 Å². The Morgan fingerprint density at radius 1 is 1.64 bits per heavy atom. The quantitative estimate of drug-likeness (QED) is 0.598. The van der Waals surface area contributed by atoms with Crippen LogP contribution in [0.25, 0.3) is 0 Å². The van der Waals surface area contributed by atoms with Crippen LogP contribution in [-0.2, 0) is 15.6 Å². The third kappa shape index (κ3) is 4.19. The number of rotatable bonds is 6. The number of carbonyl (C=O) groups excluding carboxylic acids is 1. The SMILES string of the molecule is CCS(=O)CCNCC1CCC(=O)N1. The molecule has 14 heavy (non-hydrogen) atoms. The number of carbonyl (C=O) groups is 1. The molecular weight excluding hydrogens is 200 g/mol. The van der Waals surface area contributed by atoms with Crippen LogP contribution in [0.3, 0.4) is 0 Å². The van der Waals surface area contributed by atoms with Crippen molar-refractivity contribution in [3.63, 3.8) is 0 Å². The monoisotopic (exact) mass is 218 g/mol. The second kappa shape index (κ2) is 6.14. The van der Waals surface area contributed by atoms with Crippen LogP contribution in [-0.4, -0.2) is 40.8 Å². The van der Waals surface area contributed by atoms with Crippen LogP contribution in [0.2, 0.25) is 0 Å². The van der Waals surface area contributed by atoms with Crippen LogP contribution in [0.15, 0.2) is 0 Å². The lowest BCUT2D eigenvalue weighted by molar-refractivity contribution is -0.119. The fraction of sp³-hybridized carbons (Fsp3) is 0.889. The van der Waals surface area contributed by atoms with Crippen molar-refractivity contribution < 1.29 is 9.00 Å². The van der Waals surface area contributed by atoms with Gasteiger partial charge in [-0.15, -0.1) is 0 Å². The molecule has 1 aliphatic heterocycles. The molecule has 2 atom stereocenters. The van der Waals surface area contributed by atoms with Crippen LogP contribution in [0.5, 0.6) is 0 Å². The van der Waals surface area contributed by atoms with E-state index in [1.54, 1.807) is 0 Å². The molecule has 0 spiro atoms. The van der Waals surface area contributed by atoms with Crippen LogP contribution < -0.4 is 10.6 Å². The zero-order valence-electron chi connectivity index (χ0n) is 8.54. The molecule has 1 aliphatic rings. The van der Waals surface area contributed by atoms with Gasteiger partial charge in [-0.05, 0) is 6.42 Å². The highest BCUT2D eigenvalue weighted by Crippen LogP contribution is 2.04. The van der Waals surface area contributed by atoms with Crippen LogP contribution in [0, 0.1) is 0 Å². The molecule has 0 aromatic heterocycles. The number of hydrogen-bond acceptors (Lipinski definition) is 3. The summed E-state index contributed by atoms with van der Waals surface area (Å²) in [6.07, 6.45) is 1.57. The van der Waals surface area contributed by atoms with Gasteiger partial charge in [0, 0.05) is 47.9 Å². The van der Waals surface area contributed by atoms with Gasteiger partial charge in [0.15, 0.2) is 0 Å². The Labute approximate surface area is 87.3 Å². The molecule has 4 nitrogen and oxygen atoms in total. The largest absolute Gasteiger partial charge is 0.352 e. The highest BCUT2D eigenvalue weighted by molar-refractivity contribution is 7.84. The summed E-state index contributed by atoms with van der Waals surface area (Å²) in [5, 5.41) is 6.08. The van der Waals surface area contributed by atoms with Crippen molar-refractivity contribution in [1.82, 2.24) is 10.6 Å². The van der Waals surface area contributed by atoms with Crippen molar-refractivity contribution in [2.24, 2.45) is 0 Å². The lowest BCUT2D eigenvalue weighted by Gasteiger charge is -2.10. The summed E-state index contributed by atoms with van der Waals surface area (Å²) in [7, 11) is -0.687. The molecule has 0 aromatic carbocycles. The summed E-state index contributed by atoms with van der Waals surface area (Å²) >= 11 is 0. The molecule has 1 saturated heterocycles. The van der Waals surface area contributed by atoms with Crippen molar-refractivity contribution in [1.29, 1.82) is 0 Å². The zero-order chi connectivity index (χ0) is 10.4. The normalized spacial score (nSPS) is 23.5. The zero-order valence-corrected chi connectivity index (χ0v) is 9.36. The maximum atomic E-state index is 11.1. The first-order chi connectivity index (χ1) is 6.72. The van der Waals surface area contributed by atoms with Gasteiger partial charge in [-0.3, -0.25) is 9.00 Å². The Bertz CT molecular complexity index is 221. The third-order valence-corrected chi connectivity index (χ3v) is 3.61. The van der Waals surface area contributed by atoms with E-state index in [4.69, 9.17) is 0 Å². The second-order valence-electron chi connectivity index (χ2n) is 3.44. The van der Waals surface area contributed by atoms with Crippen molar-refractivity contribution in [3.05, 3.63) is 0 Å². The van der Waals surface area contributed by atoms with Crippen LogP contribution in [0.4, 0.5) is 0 Å². The average Bonchev–Trinajstić information content (AvgIpc) is 2.58. The molecule has 1 fully saturated rings. The summed E-state index contributed by atoms with van der Waals surface area (Å²) in [6, 6.07) is 0.276. The van der Waals surface area contributed by atoms with Gasteiger partial charge >= 0.3 is 0 Å². The average molecular weight is 218 g/mol. The Balaban J connectivity index is 1.99. The Morgan fingerprint density at radius 3 is 3.00 bits per heavy atom. The third-order valence-electron chi connectivity index (χ3n) is 2.30. The Kier molecular flexibility index (Phi) is 5.11. The van der Waals surface area contributed by atoms with Crippen LogP contribution >= 0.6 is 0 Å². The molecule has 0 radical (unpaired) electrons. The van der Waals surface area contributed by atoms with E-state index in [0.717, 1.165) is 25.3 Å². The molecule has 2 unspecified atom stereocenters. The van der Waals surface area contributed by atoms with Gasteiger partial charge in [0.2, 0.25) is 5.91 Å². The predicted molar refractivity (Wildman–Crippen MR) is 57.6 cm³/mol. The molecule has 0 saturated carbocycles. The Morgan fingerprint density at radius 2 is 2.43 bits per heavy atom. The first-order valence-electron chi connectivity index (χ1n) is 5.07. The van der Waals surface area contributed by atoms with Crippen molar-refractivity contribution >= 4 is 16.7 Å². The molecule has 1 amide bonds. The molecule has 0 bridgehead atoms. The first kappa shape index (κ1) is 11.7. The fourth-order valence-corrected chi connectivity index (χ4v) is 2.10. The van der Waals surface area contributed by atoms with E-state index in [1.807, 2.05) is 6.92 Å². The topological polar surface area (TPSA) is 58.2 Å². The highest BCUT2D eigenvalue weighted by atomic mass is 32.2. The van der Waals surface area contributed by atoms with E-state index in [-0.39, 0.29) is 11.9 Å². The van der Waals surface area contributed by atoms with E-state index in [9.17, 15) is 9.00 Å². The predicted octanol–water partition coefficient (Wildman–Crippen LogP) is -0.377. The molecule has 1 rings (SSSR count). The van der Waals surface area contributed by atoms with Gasteiger partial charge in [-0.2, -0.15) is 0 Å². The number of amides is 1. The summed E-state index contributed by atoms with van der Waals surface area (Å²) < 4.78 is 11.1. The maximum Gasteiger partial charge on any atom is 0.220 e. The van der Waals surface area contributed by atoms with E-state index in [1.165, 1.54) is 0 Å². The van der Waals surface area contributed by atoms with Gasteiger partial charge in [0.25, 0.3) is 0 Å². The summed E-state index contributed by atoms with van der Waals surface area (Å²) in [4.78, 5) is 10.9. The van der Waals surface area contributed by atoms with Gasteiger partial charge < -0.3 is 10.6 Å². The van der Waals surface area contributed by atoms with E-state index >= 15 is 0 Å².